The molecule has 16 heavy (non-hydrogen) atoms. The van der Waals surface area contributed by atoms with Crippen molar-refractivity contribution in [3.05, 3.63) is 10.0 Å². The number of aromatic nitrogens is 2. The Morgan fingerprint density at radius 3 is 2.75 bits per heavy atom. The Bertz CT molecular complexity index is 329. The monoisotopic (exact) mass is 239 g/mol. The minimum atomic E-state index is 0.320. The van der Waals surface area contributed by atoms with E-state index in [1.807, 2.05) is 0 Å². The third-order valence-corrected chi connectivity index (χ3v) is 4.62. The average molecular weight is 239 g/mol. The van der Waals surface area contributed by atoms with Crippen molar-refractivity contribution in [3.63, 3.8) is 0 Å². The van der Waals surface area contributed by atoms with Crippen molar-refractivity contribution in [2.24, 2.45) is 0 Å². The molecule has 0 amide bonds. The zero-order valence-electron chi connectivity index (χ0n) is 10.3. The molecule has 1 aliphatic carbocycles. The van der Waals surface area contributed by atoms with Gasteiger partial charge in [0.15, 0.2) is 0 Å². The zero-order chi connectivity index (χ0) is 11.4. The fourth-order valence-corrected chi connectivity index (χ4v) is 3.32. The van der Waals surface area contributed by atoms with Gasteiger partial charge in [0.1, 0.15) is 10.0 Å². The molecule has 0 radical (unpaired) electrons. The lowest BCUT2D eigenvalue weighted by atomic mass is 9.90. The van der Waals surface area contributed by atoms with Crippen molar-refractivity contribution in [1.82, 2.24) is 15.5 Å². The summed E-state index contributed by atoms with van der Waals surface area (Å²) in [6.45, 7) is 6.45. The largest absolute Gasteiger partial charge is 0.310 e. The fourth-order valence-electron chi connectivity index (χ4n) is 2.31. The first-order chi connectivity index (χ1) is 7.74. The van der Waals surface area contributed by atoms with Gasteiger partial charge >= 0.3 is 0 Å². The Morgan fingerprint density at radius 1 is 1.31 bits per heavy atom. The first-order valence-corrected chi connectivity index (χ1v) is 7.10. The molecule has 0 spiro atoms. The van der Waals surface area contributed by atoms with Gasteiger partial charge in [0.05, 0.1) is 0 Å². The van der Waals surface area contributed by atoms with Crippen molar-refractivity contribution in [2.75, 3.05) is 6.54 Å². The average Bonchev–Trinajstić information content (AvgIpc) is 2.88. The van der Waals surface area contributed by atoms with Crippen molar-refractivity contribution < 1.29 is 0 Å². The van der Waals surface area contributed by atoms with Gasteiger partial charge in [0.25, 0.3) is 0 Å². The molecule has 0 saturated heterocycles. The van der Waals surface area contributed by atoms with Gasteiger partial charge in [-0.2, -0.15) is 0 Å². The van der Waals surface area contributed by atoms with Crippen LogP contribution in [0.4, 0.5) is 0 Å². The Morgan fingerprint density at radius 2 is 2.06 bits per heavy atom. The van der Waals surface area contributed by atoms with Crippen LogP contribution in [-0.4, -0.2) is 16.7 Å². The minimum absolute atomic E-state index is 0.320. The molecule has 0 aromatic carbocycles. The van der Waals surface area contributed by atoms with E-state index in [0.717, 1.165) is 18.1 Å². The molecule has 1 aliphatic rings. The molecule has 0 unspecified atom stereocenters. The zero-order valence-corrected chi connectivity index (χ0v) is 11.1. The highest BCUT2D eigenvalue weighted by Crippen LogP contribution is 2.41. The van der Waals surface area contributed by atoms with Crippen LogP contribution in [-0.2, 0) is 12.0 Å². The van der Waals surface area contributed by atoms with Crippen LogP contribution < -0.4 is 5.32 Å². The highest BCUT2D eigenvalue weighted by molar-refractivity contribution is 7.11. The van der Waals surface area contributed by atoms with E-state index in [1.54, 1.807) is 11.3 Å². The van der Waals surface area contributed by atoms with Crippen LogP contribution >= 0.6 is 11.3 Å². The lowest BCUT2D eigenvalue weighted by Crippen LogP contribution is -2.16. The molecule has 1 aromatic heterocycles. The lowest BCUT2D eigenvalue weighted by molar-refractivity contribution is 0.483. The molecule has 0 bridgehead atoms. The van der Waals surface area contributed by atoms with Gasteiger partial charge in [-0.15, -0.1) is 10.2 Å². The summed E-state index contributed by atoms with van der Waals surface area (Å²) in [6.07, 6.45) is 6.43. The van der Waals surface area contributed by atoms with Crippen molar-refractivity contribution in [3.8, 4) is 0 Å². The van der Waals surface area contributed by atoms with Crippen LogP contribution in [0.15, 0.2) is 0 Å². The third-order valence-electron chi connectivity index (χ3n) is 3.39. The van der Waals surface area contributed by atoms with Crippen LogP contribution in [0.2, 0.25) is 0 Å². The minimum Gasteiger partial charge on any atom is -0.310 e. The number of hydrogen-bond acceptors (Lipinski definition) is 4. The summed E-state index contributed by atoms with van der Waals surface area (Å²) in [6, 6.07) is 0. The van der Waals surface area contributed by atoms with E-state index in [-0.39, 0.29) is 0 Å². The molecule has 0 aliphatic heterocycles. The molecule has 1 aromatic rings. The summed E-state index contributed by atoms with van der Waals surface area (Å²) in [7, 11) is 0. The van der Waals surface area contributed by atoms with Gasteiger partial charge in [-0.25, -0.2) is 0 Å². The van der Waals surface area contributed by atoms with E-state index < -0.39 is 0 Å². The van der Waals surface area contributed by atoms with E-state index in [9.17, 15) is 0 Å². The maximum atomic E-state index is 4.38. The second-order valence-corrected chi connectivity index (χ2v) is 6.01. The van der Waals surface area contributed by atoms with Crippen LogP contribution in [0.1, 0.15) is 56.0 Å². The maximum absolute atomic E-state index is 4.38. The predicted octanol–water partition coefficient (Wildman–Crippen LogP) is 2.87. The van der Waals surface area contributed by atoms with Crippen molar-refractivity contribution >= 4 is 11.3 Å². The Kier molecular flexibility index (Phi) is 3.92. The molecule has 1 heterocycles. The molecular formula is C12H21N3S. The van der Waals surface area contributed by atoms with Gasteiger partial charge in [-0.05, 0) is 25.8 Å². The second kappa shape index (κ2) is 5.23. The first kappa shape index (κ1) is 12.0. The van der Waals surface area contributed by atoms with Gasteiger partial charge in [0, 0.05) is 12.0 Å². The number of hydrogen-bond donors (Lipinski definition) is 1. The van der Waals surface area contributed by atoms with E-state index in [0.29, 0.717) is 5.41 Å². The topological polar surface area (TPSA) is 37.8 Å². The summed E-state index contributed by atoms with van der Waals surface area (Å²) < 4.78 is 0. The molecule has 90 valence electrons. The number of rotatable bonds is 5. The van der Waals surface area contributed by atoms with Crippen LogP contribution in [0, 0.1) is 0 Å². The molecule has 1 saturated carbocycles. The summed E-state index contributed by atoms with van der Waals surface area (Å²) in [5.41, 5.74) is 0.320. The molecule has 3 nitrogen and oxygen atoms in total. The molecular weight excluding hydrogens is 218 g/mol. The Balaban J connectivity index is 1.96. The predicted molar refractivity (Wildman–Crippen MR) is 67.7 cm³/mol. The van der Waals surface area contributed by atoms with E-state index in [4.69, 9.17) is 0 Å². The fraction of sp³-hybridized carbons (Fsp3) is 0.833. The number of nitrogens with one attached hydrogen (secondary N) is 1. The standard InChI is InChI=1S/C12H21N3S/c1-3-8-13-9-10-14-15-11(16-10)12(2)6-4-5-7-12/h13H,3-9H2,1-2H3. The lowest BCUT2D eigenvalue weighted by Gasteiger charge is -2.18. The van der Waals surface area contributed by atoms with Gasteiger partial charge in [-0.1, -0.05) is 38.0 Å². The SMILES string of the molecule is CCCNCc1nnc(C2(C)CCCC2)s1. The van der Waals surface area contributed by atoms with E-state index in [2.05, 4.69) is 29.4 Å². The van der Waals surface area contributed by atoms with Gasteiger partial charge < -0.3 is 5.32 Å². The summed E-state index contributed by atoms with van der Waals surface area (Å²) in [5, 5.41) is 14.4. The quantitative estimate of drug-likeness (QED) is 0.803. The highest BCUT2D eigenvalue weighted by atomic mass is 32.1. The number of nitrogens with zero attached hydrogens (tertiary/aromatic N) is 2. The smallest absolute Gasteiger partial charge is 0.131 e. The molecule has 0 atom stereocenters. The molecule has 1 N–H and O–H groups in total. The second-order valence-electron chi connectivity index (χ2n) is 4.95. The highest BCUT2D eigenvalue weighted by Gasteiger charge is 2.33. The van der Waals surface area contributed by atoms with Crippen molar-refractivity contribution in [1.29, 1.82) is 0 Å². The molecule has 4 heteroatoms. The van der Waals surface area contributed by atoms with Crippen LogP contribution in [0.25, 0.3) is 0 Å². The summed E-state index contributed by atoms with van der Waals surface area (Å²) in [4.78, 5) is 0. The van der Waals surface area contributed by atoms with Gasteiger partial charge in [-0.3, -0.25) is 0 Å². The maximum Gasteiger partial charge on any atom is 0.131 e. The summed E-state index contributed by atoms with van der Waals surface area (Å²) in [5.74, 6) is 0. The van der Waals surface area contributed by atoms with Gasteiger partial charge in [0.2, 0.25) is 0 Å². The van der Waals surface area contributed by atoms with Crippen molar-refractivity contribution in [2.45, 2.75) is 57.9 Å². The van der Waals surface area contributed by atoms with E-state index in [1.165, 1.54) is 37.1 Å². The Hall–Kier alpha value is -0.480. The van der Waals surface area contributed by atoms with Crippen LogP contribution in [0.3, 0.4) is 0 Å². The first-order valence-electron chi connectivity index (χ1n) is 6.28. The molecule has 2 rings (SSSR count). The molecule has 1 fully saturated rings. The van der Waals surface area contributed by atoms with E-state index >= 15 is 0 Å². The normalized spacial score (nSPS) is 19.1. The van der Waals surface area contributed by atoms with Crippen LogP contribution in [0.5, 0.6) is 0 Å². The Labute approximate surface area is 102 Å². The third kappa shape index (κ3) is 2.61. The summed E-state index contributed by atoms with van der Waals surface area (Å²) >= 11 is 1.79.